The lowest BCUT2D eigenvalue weighted by Gasteiger charge is -2.23. The van der Waals surface area contributed by atoms with Crippen LogP contribution in [-0.4, -0.2) is 30.5 Å². The number of benzene rings is 1. The van der Waals surface area contributed by atoms with Gasteiger partial charge in [-0.2, -0.15) is 0 Å². The van der Waals surface area contributed by atoms with Gasteiger partial charge in [-0.05, 0) is 24.6 Å². The van der Waals surface area contributed by atoms with E-state index in [9.17, 15) is 4.79 Å². The van der Waals surface area contributed by atoms with E-state index in [1.165, 1.54) is 0 Å². The van der Waals surface area contributed by atoms with E-state index in [2.05, 4.69) is 15.2 Å². The van der Waals surface area contributed by atoms with Gasteiger partial charge in [-0.15, -0.1) is 0 Å². The molecule has 2 aromatic rings. The van der Waals surface area contributed by atoms with Crippen LogP contribution in [0.1, 0.15) is 6.42 Å². The zero-order chi connectivity index (χ0) is 13.2. The molecule has 5 heteroatoms. The van der Waals surface area contributed by atoms with Crippen molar-refractivity contribution in [2.45, 2.75) is 6.42 Å². The number of carbonyl (C=O) groups is 1. The summed E-state index contributed by atoms with van der Waals surface area (Å²) in [5.74, 6) is 0.0662. The minimum absolute atomic E-state index is 0.0662. The van der Waals surface area contributed by atoms with Gasteiger partial charge in [-0.3, -0.25) is 9.78 Å². The average Bonchev–Trinajstić information content (AvgIpc) is 2.64. The number of carbonyl (C=O) groups excluding carboxylic acids is 1. The van der Waals surface area contributed by atoms with E-state index in [4.69, 9.17) is 5.73 Å². The number of hydrogen-bond acceptors (Lipinski definition) is 4. The highest BCUT2D eigenvalue weighted by Crippen LogP contribution is 2.30. The molecule has 0 spiro atoms. The van der Waals surface area contributed by atoms with E-state index < -0.39 is 0 Å². The van der Waals surface area contributed by atoms with Crippen LogP contribution in [0.4, 0.5) is 11.4 Å². The zero-order valence-electron chi connectivity index (χ0n) is 10.6. The van der Waals surface area contributed by atoms with Gasteiger partial charge in [0.2, 0.25) is 5.91 Å². The quantitative estimate of drug-likeness (QED) is 0.751. The second-order valence-electron chi connectivity index (χ2n) is 4.72. The first-order valence-electron chi connectivity index (χ1n) is 6.39. The second kappa shape index (κ2) is 4.76. The maximum atomic E-state index is 11.7. The summed E-state index contributed by atoms with van der Waals surface area (Å²) in [7, 11) is 0. The predicted octanol–water partition coefficient (Wildman–Crippen LogP) is 1.14. The van der Waals surface area contributed by atoms with Crippen LogP contribution in [0.5, 0.6) is 0 Å². The van der Waals surface area contributed by atoms with E-state index in [1.54, 1.807) is 12.4 Å². The number of amides is 1. The first kappa shape index (κ1) is 11.8. The molecule has 1 aromatic carbocycles. The Bertz CT molecular complexity index is 626. The number of aromatic nitrogens is 1. The largest absolute Gasteiger partial charge is 0.398 e. The number of nitrogens with zero attached hydrogens (tertiary/aromatic N) is 2. The van der Waals surface area contributed by atoms with Gasteiger partial charge in [0.1, 0.15) is 0 Å². The second-order valence-corrected chi connectivity index (χ2v) is 4.72. The summed E-state index contributed by atoms with van der Waals surface area (Å²) in [6.45, 7) is 1.99. The summed E-state index contributed by atoms with van der Waals surface area (Å²) in [5, 5.41) is 4.87. The van der Waals surface area contributed by atoms with Crippen LogP contribution in [0.3, 0.4) is 0 Å². The van der Waals surface area contributed by atoms with Gasteiger partial charge in [0.05, 0.1) is 6.54 Å². The molecule has 0 bridgehead atoms. The molecule has 1 aromatic heterocycles. The molecule has 1 aliphatic rings. The number of pyridine rings is 1. The van der Waals surface area contributed by atoms with Crippen molar-refractivity contribution < 1.29 is 4.79 Å². The van der Waals surface area contributed by atoms with Crippen LogP contribution in [0.25, 0.3) is 10.8 Å². The Morgan fingerprint density at radius 3 is 3.05 bits per heavy atom. The van der Waals surface area contributed by atoms with E-state index in [-0.39, 0.29) is 5.91 Å². The number of fused-ring (bicyclic) bond motifs is 1. The van der Waals surface area contributed by atoms with Crippen LogP contribution in [-0.2, 0) is 4.79 Å². The summed E-state index contributed by atoms with van der Waals surface area (Å²) in [6.07, 6.45) is 4.47. The third-order valence-electron chi connectivity index (χ3n) is 3.43. The summed E-state index contributed by atoms with van der Waals surface area (Å²) in [5.41, 5.74) is 7.73. The van der Waals surface area contributed by atoms with Gasteiger partial charge in [0.25, 0.3) is 0 Å². The van der Waals surface area contributed by atoms with Gasteiger partial charge in [0, 0.05) is 47.6 Å². The Hall–Kier alpha value is -2.30. The number of anilines is 2. The van der Waals surface area contributed by atoms with Crippen molar-refractivity contribution in [3.63, 3.8) is 0 Å². The van der Waals surface area contributed by atoms with Crippen molar-refractivity contribution in [2.75, 3.05) is 30.3 Å². The summed E-state index contributed by atoms with van der Waals surface area (Å²) >= 11 is 0. The van der Waals surface area contributed by atoms with E-state index in [0.717, 1.165) is 36.0 Å². The maximum absolute atomic E-state index is 11.7. The highest BCUT2D eigenvalue weighted by atomic mass is 16.2. The highest BCUT2D eigenvalue weighted by molar-refractivity contribution is 6.01. The first-order valence-corrected chi connectivity index (χ1v) is 6.39. The molecule has 0 unspecified atom stereocenters. The van der Waals surface area contributed by atoms with Crippen molar-refractivity contribution in [3.05, 3.63) is 30.6 Å². The van der Waals surface area contributed by atoms with Crippen molar-refractivity contribution in [2.24, 2.45) is 0 Å². The minimum atomic E-state index is 0.0662. The lowest BCUT2D eigenvalue weighted by atomic mass is 10.1. The Kier molecular flexibility index (Phi) is 2.95. The molecular formula is C14H16N4O. The maximum Gasteiger partial charge on any atom is 0.239 e. The van der Waals surface area contributed by atoms with E-state index in [1.807, 2.05) is 18.2 Å². The highest BCUT2D eigenvalue weighted by Gasteiger charge is 2.17. The van der Waals surface area contributed by atoms with Gasteiger partial charge < -0.3 is 16.0 Å². The van der Waals surface area contributed by atoms with E-state index >= 15 is 0 Å². The third kappa shape index (κ3) is 2.19. The fourth-order valence-electron chi connectivity index (χ4n) is 2.48. The van der Waals surface area contributed by atoms with Gasteiger partial charge in [-0.25, -0.2) is 0 Å². The van der Waals surface area contributed by atoms with E-state index in [0.29, 0.717) is 12.2 Å². The van der Waals surface area contributed by atoms with Gasteiger partial charge >= 0.3 is 0 Å². The number of hydrogen-bond donors (Lipinski definition) is 2. The molecule has 2 heterocycles. The summed E-state index contributed by atoms with van der Waals surface area (Å²) in [6, 6.07) is 5.81. The molecule has 19 heavy (non-hydrogen) atoms. The lowest BCUT2D eigenvalue weighted by Crippen LogP contribution is -2.33. The fraction of sp³-hybridized carbons (Fsp3) is 0.286. The van der Waals surface area contributed by atoms with Crippen LogP contribution >= 0.6 is 0 Å². The molecule has 1 aliphatic heterocycles. The van der Waals surface area contributed by atoms with Crippen LogP contribution < -0.4 is 16.0 Å². The molecule has 1 saturated heterocycles. The fourth-order valence-corrected chi connectivity index (χ4v) is 2.48. The minimum Gasteiger partial charge on any atom is -0.398 e. The molecule has 1 amide bonds. The number of nitrogens with two attached hydrogens (primary N) is 1. The lowest BCUT2D eigenvalue weighted by molar-refractivity contribution is -0.119. The Morgan fingerprint density at radius 2 is 2.16 bits per heavy atom. The van der Waals surface area contributed by atoms with Crippen LogP contribution in [0.2, 0.25) is 0 Å². The number of nitrogen functional groups attached to an aromatic ring is 1. The van der Waals surface area contributed by atoms with Crippen molar-refractivity contribution in [1.29, 1.82) is 0 Å². The normalized spacial score (nSPS) is 16.2. The predicted molar refractivity (Wildman–Crippen MR) is 76.0 cm³/mol. The molecule has 3 rings (SSSR count). The average molecular weight is 256 g/mol. The Morgan fingerprint density at radius 1 is 1.26 bits per heavy atom. The molecule has 3 N–H and O–H groups in total. The molecule has 1 fully saturated rings. The monoisotopic (exact) mass is 256 g/mol. The van der Waals surface area contributed by atoms with Crippen molar-refractivity contribution in [3.8, 4) is 0 Å². The Labute approximate surface area is 111 Å². The molecule has 0 atom stereocenters. The SMILES string of the molecule is Nc1ccc(N2CCCNC(=O)C2)c2ccncc12. The van der Waals surface area contributed by atoms with Crippen LogP contribution in [0, 0.1) is 0 Å². The summed E-state index contributed by atoms with van der Waals surface area (Å²) < 4.78 is 0. The topological polar surface area (TPSA) is 71.2 Å². The Balaban J connectivity index is 2.09. The van der Waals surface area contributed by atoms with Crippen LogP contribution in [0.15, 0.2) is 30.6 Å². The van der Waals surface area contributed by atoms with Crippen molar-refractivity contribution in [1.82, 2.24) is 10.3 Å². The smallest absolute Gasteiger partial charge is 0.239 e. The molecular weight excluding hydrogens is 240 g/mol. The molecule has 5 nitrogen and oxygen atoms in total. The molecule has 0 radical (unpaired) electrons. The zero-order valence-corrected chi connectivity index (χ0v) is 10.6. The first-order chi connectivity index (χ1) is 9.25. The van der Waals surface area contributed by atoms with Gasteiger partial charge in [0.15, 0.2) is 0 Å². The van der Waals surface area contributed by atoms with Gasteiger partial charge in [-0.1, -0.05) is 0 Å². The third-order valence-corrected chi connectivity index (χ3v) is 3.43. The number of nitrogens with one attached hydrogen (secondary N) is 1. The molecule has 0 aliphatic carbocycles. The molecule has 0 saturated carbocycles. The summed E-state index contributed by atoms with van der Waals surface area (Å²) in [4.78, 5) is 17.9. The number of rotatable bonds is 1. The standard InChI is InChI=1S/C14H16N4O/c15-12-2-3-13(10-4-6-16-8-11(10)12)18-7-1-5-17-14(19)9-18/h2-4,6,8H,1,5,7,9,15H2,(H,17,19). The van der Waals surface area contributed by atoms with Crippen molar-refractivity contribution >= 4 is 28.1 Å². The molecule has 98 valence electrons.